The molecule has 0 aliphatic carbocycles. The molecule has 7 nitrogen and oxygen atoms in total. The van der Waals surface area contributed by atoms with Crippen molar-refractivity contribution in [3.05, 3.63) is 29.6 Å². The highest BCUT2D eigenvalue weighted by atomic mass is 28.2. The number of amides is 1. The van der Waals surface area contributed by atoms with Crippen LogP contribution in [-0.2, 0) is 18.3 Å². The predicted molar refractivity (Wildman–Crippen MR) is 114 cm³/mol. The van der Waals surface area contributed by atoms with Crippen molar-refractivity contribution in [1.82, 2.24) is 0 Å². The number of esters is 1. The summed E-state index contributed by atoms with van der Waals surface area (Å²) in [5, 5.41) is 2.30. The summed E-state index contributed by atoms with van der Waals surface area (Å²) in [5.74, 6) is -1.50. The summed E-state index contributed by atoms with van der Waals surface area (Å²) in [7, 11) is 0.534. The van der Waals surface area contributed by atoms with Gasteiger partial charge in [-0.15, -0.1) is 0 Å². The van der Waals surface area contributed by atoms with Gasteiger partial charge in [-0.3, -0.25) is 5.32 Å². The van der Waals surface area contributed by atoms with Gasteiger partial charge in [-0.25, -0.2) is 14.0 Å². The number of nitrogens with one attached hydrogen (secondary N) is 1. The van der Waals surface area contributed by atoms with Crippen molar-refractivity contribution in [3.63, 3.8) is 0 Å². The number of para-hydroxylation sites is 1. The van der Waals surface area contributed by atoms with Gasteiger partial charge in [0.25, 0.3) is 0 Å². The molecule has 0 aliphatic heterocycles. The molecule has 1 aromatic rings. The van der Waals surface area contributed by atoms with E-state index in [2.05, 4.69) is 5.32 Å². The topological polar surface area (TPSA) is 83.1 Å². The Morgan fingerprint density at radius 1 is 1.10 bits per heavy atom. The molecular formula is C20H30FNO6Si2. The van der Waals surface area contributed by atoms with Gasteiger partial charge in [0.2, 0.25) is 19.5 Å². The zero-order valence-electron chi connectivity index (χ0n) is 18.6. The largest absolute Gasteiger partial charge is 0.462 e. The van der Waals surface area contributed by atoms with Crippen LogP contribution in [0.1, 0.15) is 51.4 Å². The zero-order valence-corrected chi connectivity index (χ0v) is 20.6. The van der Waals surface area contributed by atoms with Gasteiger partial charge in [-0.2, -0.15) is 0 Å². The quantitative estimate of drug-likeness (QED) is 0.319. The van der Waals surface area contributed by atoms with Crippen LogP contribution in [0.2, 0.25) is 13.1 Å². The number of hydrogen-bond acceptors (Lipinski definition) is 6. The molecule has 0 spiro atoms. The van der Waals surface area contributed by atoms with E-state index in [0.29, 0.717) is 6.42 Å². The van der Waals surface area contributed by atoms with Crippen LogP contribution < -0.4 is 5.32 Å². The zero-order chi connectivity index (χ0) is 22.9. The maximum atomic E-state index is 14.3. The highest BCUT2D eigenvalue weighted by Gasteiger charge is 2.31. The summed E-state index contributed by atoms with van der Waals surface area (Å²) in [6.45, 7) is 12.9. The molecule has 166 valence electrons. The van der Waals surface area contributed by atoms with Crippen LogP contribution in [-0.4, -0.2) is 50.1 Å². The Labute approximate surface area is 182 Å². The molecule has 10 heteroatoms. The Morgan fingerprint density at radius 3 is 2.23 bits per heavy atom. The number of halogens is 1. The number of benzene rings is 1. The van der Waals surface area contributed by atoms with E-state index in [0.717, 1.165) is 6.07 Å². The number of ether oxygens (including phenoxy) is 2. The van der Waals surface area contributed by atoms with Crippen LogP contribution in [0, 0.1) is 11.2 Å². The minimum atomic E-state index is -0.860. The lowest BCUT2D eigenvalue weighted by atomic mass is 9.89. The van der Waals surface area contributed by atoms with Crippen molar-refractivity contribution in [2.75, 3.05) is 11.9 Å². The van der Waals surface area contributed by atoms with Crippen LogP contribution in [0.3, 0.4) is 0 Å². The summed E-state index contributed by atoms with van der Waals surface area (Å²) in [4.78, 5) is 24.6. The summed E-state index contributed by atoms with van der Waals surface area (Å²) >= 11 is 0. The third-order valence-corrected chi connectivity index (χ3v) is 4.83. The van der Waals surface area contributed by atoms with Gasteiger partial charge in [0, 0.05) is 5.41 Å². The molecule has 0 fully saturated rings. The monoisotopic (exact) mass is 455 g/mol. The van der Waals surface area contributed by atoms with E-state index in [9.17, 15) is 14.0 Å². The molecule has 1 aromatic carbocycles. The standard InChI is InChI=1S/C20H30FNO6Si2/c1-19(2,3)26-18(24)22-15-13(9-8-10-14(15)21)16(23)25-12-11-20(4,5)17(27-29-6)28-30-7/h8-10,17H,11-12H2,1-7H3,(H,22,24). The van der Waals surface area contributed by atoms with E-state index < -0.39 is 35.2 Å². The van der Waals surface area contributed by atoms with E-state index >= 15 is 0 Å². The Hall–Kier alpha value is -1.76. The Balaban J connectivity index is 2.82. The number of anilines is 1. The van der Waals surface area contributed by atoms with Crippen molar-refractivity contribution in [2.45, 2.75) is 66.0 Å². The minimum absolute atomic E-state index is 0.0805. The molecule has 0 bridgehead atoms. The van der Waals surface area contributed by atoms with Crippen molar-refractivity contribution in [2.24, 2.45) is 5.41 Å². The van der Waals surface area contributed by atoms with Crippen LogP contribution in [0.5, 0.6) is 0 Å². The lowest BCUT2D eigenvalue weighted by Crippen LogP contribution is -2.37. The van der Waals surface area contributed by atoms with Crippen molar-refractivity contribution < 1.29 is 32.3 Å². The van der Waals surface area contributed by atoms with Crippen molar-refractivity contribution >= 4 is 37.3 Å². The smallest absolute Gasteiger partial charge is 0.412 e. The third kappa shape index (κ3) is 8.54. The fourth-order valence-corrected chi connectivity index (χ4v) is 3.65. The predicted octanol–water partition coefficient (Wildman–Crippen LogP) is 4.44. The highest BCUT2D eigenvalue weighted by Crippen LogP contribution is 2.29. The molecule has 0 aromatic heterocycles. The summed E-state index contributed by atoms with van der Waals surface area (Å²) in [6.07, 6.45) is -0.801. The molecule has 1 rings (SSSR count). The lowest BCUT2D eigenvalue weighted by molar-refractivity contribution is -0.0874. The fraction of sp³-hybridized carbons (Fsp3) is 0.600. The molecule has 0 heterocycles. The lowest BCUT2D eigenvalue weighted by Gasteiger charge is -2.33. The van der Waals surface area contributed by atoms with E-state index in [1.807, 2.05) is 26.9 Å². The third-order valence-electron chi connectivity index (χ3n) is 3.93. The molecule has 1 N–H and O–H groups in total. The van der Waals surface area contributed by atoms with Crippen molar-refractivity contribution in [3.8, 4) is 0 Å². The van der Waals surface area contributed by atoms with Crippen LogP contribution in [0.25, 0.3) is 0 Å². The summed E-state index contributed by atoms with van der Waals surface area (Å²) in [5.41, 5.74) is -1.53. The molecule has 0 saturated carbocycles. The Morgan fingerprint density at radius 2 is 1.70 bits per heavy atom. The first-order valence-electron chi connectivity index (χ1n) is 9.51. The first-order valence-corrected chi connectivity index (χ1v) is 12.3. The molecular weight excluding hydrogens is 425 g/mol. The van der Waals surface area contributed by atoms with Crippen LogP contribution >= 0.6 is 0 Å². The maximum Gasteiger partial charge on any atom is 0.412 e. The summed E-state index contributed by atoms with van der Waals surface area (Å²) < 4.78 is 36.1. The second kappa shape index (κ2) is 11.6. The van der Waals surface area contributed by atoms with Gasteiger partial charge < -0.3 is 18.3 Å². The fourth-order valence-electron chi connectivity index (χ4n) is 2.39. The number of rotatable bonds is 10. The maximum absolute atomic E-state index is 14.3. The van der Waals surface area contributed by atoms with Gasteiger partial charge in [-0.1, -0.05) is 19.9 Å². The average molecular weight is 456 g/mol. The van der Waals surface area contributed by atoms with Gasteiger partial charge >= 0.3 is 12.1 Å². The molecule has 0 saturated heterocycles. The van der Waals surface area contributed by atoms with E-state index in [1.165, 1.54) is 12.1 Å². The van der Waals surface area contributed by atoms with Crippen LogP contribution in [0.15, 0.2) is 18.2 Å². The Kier molecular flexibility index (Phi) is 10.1. The second-order valence-electron chi connectivity index (χ2n) is 8.14. The first kappa shape index (κ1) is 26.3. The number of carbonyl (C=O) groups is 2. The van der Waals surface area contributed by atoms with Gasteiger partial charge in [-0.05, 0) is 52.4 Å². The molecule has 4 radical (unpaired) electrons. The van der Waals surface area contributed by atoms with E-state index in [-0.39, 0.29) is 37.4 Å². The first-order chi connectivity index (χ1) is 13.9. The minimum Gasteiger partial charge on any atom is -0.462 e. The van der Waals surface area contributed by atoms with Crippen LogP contribution in [0.4, 0.5) is 14.9 Å². The molecule has 1 amide bonds. The normalized spacial score (nSPS) is 12.0. The SMILES string of the molecule is C[Si]OC(O[Si]C)C(C)(C)CCOC(=O)c1cccc(F)c1NC(=O)OC(C)(C)C. The van der Waals surface area contributed by atoms with Gasteiger partial charge in [0.15, 0.2) is 0 Å². The Bertz CT molecular complexity index is 718. The number of carbonyl (C=O) groups excluding carboxylic acids is 2. The molecule has 0 atom stereocenters. The van der Waals surface area contributed by atoms with Crippen molar-refractivity contribution in [1.29, 1.82) is 0 Å². The molecule has 30 heavy (non-hydrogen) atoms. The highest BCUT2D eigenvalue weighted by molar-refractivity contribution is 6.26. The summed E-state index contributed by atoms with van der Waals surface area (Å²) in [6, 6.07) is 3.90. The molecule has 0 aliphatic rings. The average Bonchev–Trinajstić information content (AvgIpc) is 2.61. The number of hydrogen-bond donors (Lipinski definition) is 1. The molecule has 0 unspecified atom stereocenters. The van der Waals surface area contributed by atoms with Gasteiger partial charge in [0.05, 0.1) is 17.9 Å². The van der Waals surface area contributed by atoms with Gasteiger partial charge in [0.1, 0.15) is 17.7 Å². The second-order valence-corrected chi connectivity index (χ2v) is 9.43. The van der Waals surface area contributed by atoms with E-state index in [1.54, 1.807) is 20.8 Å². The van der Waals surface area contributed by atoms with E-state index in [4.69, 9.17) is 18.3 Å².